The molecule has 16 heavy (non-hydrogen) atoms. The number of aryl methyl sites for hydroxylation is 3. The van der Waals surface area contributed by atoms with Crippen LogP contribution in [0.3, 0.4) is 0 Å². The van der Waals surface area contributed by atoms with E-state index in [0.717, 1.165) is 0 Å². The monoisotopic (exact) mass is 212 g/mol. The lowest BCUT2D eigenvalue weighted by atomic mass is 10.0. The second-order valence-corrected chi connectivity index (χ2v) is 5.11. The molecule has 84 valence electrons. The summed E-state index contributed by atoms with van der Waals surface area (Å²) < 4.78 is 0. The third-order valence-electron chi connectivity index (χ3n) is 3.42. The Morgan fingerprint density at radius 1 is 0.812 bits per heavy atom. The van der Waals surface area contributed by atoms with Gasteiger partial charge < -0.3 is 0 Å². The van der Waals surface area contributed by atoms with E-state index in [1.165, 1.54) is 33.4 Å². The van der Waals surface area contributed by atoms with E-state index in [1.807, 2.05) is 0 Å². The SMILES string of the molecule is Cc1cc(C)c2c(C)ccc(C(C)C)cc1-2. The highest BCUT2D eigenvalue weighted by atomic mass is 14.2. The van der Waals surface area contributed by atoms with E-state index in [2.05, 4.69) is 58.9 Å². The zero-order chi connectivity index (χ0) is 11.9. The van der Waals surface area contributed by atoms with E-state index in [1.54, 1.807) is 0 Å². The Morgan fingerprint density at radius 2 is 1.50 bits per heavy atom. The Hall–Kier alpha value is -1.30. The normalized spacial score (nSPS) is 11.4. The zero-order valence-corrected chi connectivity index (χ0v) is 10.9. The van der Waals surface area contributed by atoms with Crippen LogP contribution in [0, 0.1) is 20.8 Å². The molecular weight excluding hydrogens is 192 g/mol. The summed E-state index contributed by atoms with van der Waals surface area (Å²) in [7, 11) is 0. The molecule has 0 aromatic heterocycles. The average molecular weight is 212 g/mol. The van der Waals surface area contributed by atoms with Crippen molar-refractivity contribution in [3.63, 3.8) is 0 Å². The summed E-state index contributed by atoms with van der Waals surface area (Å²) in [4.78, 5) is 0. The van der Waals surface area contributed by atoms with Crippen LogP contribution in [0.5, 0.6) is 0 Å². The van der Waals surface area contributed by atoms with Gasteiger partial charge in [0.1, 0.15) is 0 Å². The Morgan fingerprint density at radius 3 is 2.12 bits per heavy atom. The van der Waals surface area contributed by atoms with Crippen molar-refractivity contribution in [3.8, 4) is 11.1 Å². The topological polar surface area (TPSA) is 0 Å². The van der Waals surface area contributed by atoms with Gasteiger partial charge in [-0.15, -0.1) is 0 Å². The van der Waals surface area contributed by atoms with Gasteiger partial charge in [0.05, 0.1) is 0 Å². The first-order chi connectivity index (χ1) is 7.50. The van der Waals surface area contributed by atoms with Crippen molar-refractivity contribution in [2.24, 2.45) is 0 Å². The Bertz CT molecular complexity index is 492. The van der Waals surface area contributed by atoms with Crippen LogP contribution >= 0.6 is 0 Å². The van der Waals surface area contributed by atoms with Crippen LogP contribution in [0.2, 0.25) is 0 Å². The van der Waals surface area contributed by atoms with Crippen molar-refractivity contribution < 1.29 is 0 Å². The fourth-order valence-electron chi connectivity index (χ4n) is 2.47. The van der Waals surface area contributed by atoms with Crippen LogP contribution in [0.25, 0.3) is 11.1 Å². The molecule has 0 bridgehead atoms. The van der Waals surface area contributed by atoms with Crippen LogP contribution < -0.4 is 0 Å². The summed E-state index contributed by atoms with van der Waals surface area (Å²) >= 11 is 0. The lowest BCUT2D eigenvalue weighted by Crippen LogP contribution is -1.84. The van der Waals surface area contributed by atoms with Gasteiger partial charge in [0.15, 0.2) is 0 Å². The molecule has 0 atom stereocenters. The maximum atomic E-state index is 2.36. The minimum Gasteiger partial charge on any atom is -0.0587 e. The highest BCUT2D eigenvalue weighted by Crippen LogP contribution is 2.35. The lowest BCUT2D eigenvalue weighted by Gasteiger charge is -2.04. The number of hydrogen-bond donors (Lipinski definition) is 0. The molecule has 0 aromatic rings. The molecule has 0 heteroatoms. The molecule has 0 heterocycles. The van der Waals surface area contributed by atoms with Crippen LogP contribution in [0.4, 0.5) is 0 Å². The molecular formula is C16H20. The van der Waals surface area contributed by atoms with E-state index in [9.17, 15) is 0 Å². The minimum atomic E-state index is 0.588. The standard InChI is InChI=1S/C16H20/c1-10(2)14-7-6-11(3)16-13(5)8-12(4)15(16)9-14/h6-10H,1-5H3. The minimum absolute atomic E-state index is 0.588. The van der Waals surface area contributed by atoms with Crippen LogP contribution in [-0.2, 0) is 0 Å². The van der Waals surface area contributed by atoms with Gasteiger partial charge in [-0.1, -0.05) is 38.1 Å². The van der Waals surface area contributed by atoms with Crippen LogP contribution in [0.1, 0.15) is 42.0 Å². The maximum Gasteiger partial charge on any atom is -0.0123 e. The summed E-state index contributed by atoms with van der Waals surface area (Å²) in [5.41, 5.74) is 8.46. The fourth-order valence-corrected chi connectivity index (χ4v) is 2.47. The van der Waals surface area contributed by atoms with Crippen LogP contribution in [0.15, 0.2) is 24.3 Å². The summed E-state index contributed by atoms with van der Waals surface area (Å²) in [6.07, 6.45) is 0. The number of hydrogen-bond acceptors (Lipinski definition) is 0. The Labute approximate surface area is 98.7 Å². The first-order valence-corrected chi connectivity index (χ1v) is 6.01. The van der Waals surface area contributed by atoms with E-state index in [0.29, 0.717) is 5.92 Å². The van der Waals surface area contributed by atoms with Gasteiger partial charge >= 0.3 is 0 Å². The van der Waals surface area contributed by atoms with Gasteiger partial charge in [-0.3, -0.25) is 0 Å². The van der Waals surface area contributed by atoms with E-state index < -0.39 is 0 Å². The van der Waals surface area contributed by atoms with E-state index >= 15 is 0 Å². The van der Waals surface area contributed by atoms with Crippen molar-refractivity contribution in [1.82, 2.24) is 0 Å². The zero-order valence-electron chi connectivity index (χ0n) is 10.9. The quantitative estimate of drug-likeness (QED) is 0.634. The molecule has 2 aliphatic carbocycles. The summed E-state index contributed by atoms with van der Waals surface area (Å²) in [6.45, 7) is 11.1. The van der Waals surface area contributed by atoms with Gasteiger partial charge in [0.25, 0.3) is 0 Å². The highest BCUT2D eigenvalue weighted by molar-refractivity contribution is 5.77. The van der Waals surface area contributed by atoms with Gasteiger partial charge in [0, 0.05) is 0 Å². The smallest absolute Gasteiger partial charge is 0.0123 e. The van der Waals surface area contributed by atoms with Gasteiger partial charge in [-0.2, -0.15) is 0 Å². The molecule has 2 aliphatic rings. The summed E-state index contributed by atoms with van der Waals surface area (Å²) in [5.74, 6) is 0.588. The van der Waals surface area contributed by atoms with Gasteiger partial charge in [-0.25, -0.2) is 0 Å². The van der Waals surface area contributed by atoms with Gasteiger partial charge in [-0.05, 0) is 60.1 Å². The van der Waals surface area contributed by atoms with E-state index in [4.69, 9.17) is 0 Å². The van der Waals surface area contributed by atoms with E-state index in [-0.39, 0.29) is 0 Å². The fraction of sp³-hybridized carbons (Fsp3) is 0.375. The summed E-state index contributed by atoms with van der Waals surface area (Å²) in [6, 6.07) is 9.17. The van der Waals surface area contributed by atoms with Crippen molar-refractivity contribution in [2.45, 2.75) is 40.5 Å². The Balaban J connectivity index is 2.77. The van der Waals surface area contributed by atoms with Crippen molar-refractivity contribution in [3.05, 3.63) is 46.5 Å². The maximum absolute atomic E-state index is 2.36. The number of rotatable bonds is 1. The van der Waals surface area contributed by atoms with Crippen molar-refractivity contribution in [2.75, 3.05) is 0 Å². The third-order valence-corrected chi connectivity index (χ3v) is 3.42. The predicted octanol–water partition coefficient (Wildman–Crippen LogP) is 4.84. The molecule has 0 nitrogen and oxygen atoms in total. The Kier molecular flexibility index (Phi) is 2.75. The molecule has 0 saturated carbocycles. The average Bonchev–Trinajstić information content (AvgIpc) is 2.39. The molecule has 0 N–H and O–H groups in total. The lowest BCUT2D eigenvalue weighted by molar-refractivity contribution is 0.868. The molecule has 0 radical (unpaired) electrons. The second kappa shape index (κ2) is 3.93. The molecule has 0 aliphatic heterocycles. The molecule has 0 aromatic carbocycles. The second-order valence-electron chi connectivity index (χ2n) is 5.11. The summed E-state index contributed by atoms with van der Waals surface area (Å²) in [5, 5.41) is 0. The highest BCUT2D eigenvalue weighted by Gasteiger charge is 2.13. The first kappa shape index (κ1) is 11.2. The third kappa shape index (κ3) is 1.73. The van der Waals surface area contributed by atoms with Crippen molar-refractivity contribution in [1.29, 1.82) is 0 Å². The number of fused-ring (bicyclic) bond motifs is 1. The largest absolute Gasteiger partial charge is 0.0587 e. The van der Waals surface area contributed by atoms with Crippen molar-refractivity contribution >= 4 is 0 Å². The molecule has 0 fully saturated rings. The molecule has 0 unspecified atom stereocenters. The predicted molar refractivity (Wildman–Crippen MR) is 71.4 cm³/mol. The van der Waals surface area contributed by atoms with Crippen LogP contribution in [-0.4, -0.2) is 0 Å². The molecule has 0 spiro atoms. The molecule has 2 rings (SSSR count). The molecule has 0 saturated heterocycles. The first-order valence-electron chi connectivity index (χ1n) is 6.01. The van der Waals surface area contributed by atoms with Gasteiger partial charge in [0.2, 0.25) is 0 Å². The molecule has 0 amide bonds.